The molecule has 0 saturated carbocycles. The molecule has 0 amide bonds. The number of esters is 1. The largest absolute Gasteiger partial charge is 0.472 e. The lowest BCUT2D eigenvalue weighted by Crippen LogP contribution is -2.24. The van der Waals surface area contributed by atoms with E-state index < -0.39 is 45.8 Å². The maximum Gasteiger partial charge on any atom is 0.472 e. The van der Waals surface area contributed by atoms with E-state index in [-0.39, 0.29) is 13.0 Å². The Kier molecular flexibility index (Phi) is 22.1. The van der Waals surface area contributed by atoms with Crippen LogP contribution in [0.4, 0.5) is 0 Å². The normalized spacial score (nSPS) is 15.3. The van der Waals surface area contributed by atoms with Crippen LogP contribution in [0.25, 0.3) is 0 Å². The van der Waals surface area contributed by atoms with Crippen molar-refractivity contribution in [1.82, 2.24) is 0 Å². The van der Waals surface area contributed by atoms with Crippen molar-refractivity contribution in [2.24, 2.45) is 0 Å². The van der Waals surface area contributed by atoms with Crippen molar-refractivity contribution in [3.8, 4) is 0 Å². The molecule has 9 nitrogen and oxygen atoms in total. The van der Waals surface area contributed by atoms with E-state index in [1.54, 1.807) is 0 Å². The first kappa shape index (κ1) is 33.2. The summed E-state index contributed by atoms with van der Waals surface area (Å²) in [6.45, 7) is 0.0769. The van der Waals surface area contributed by atoms with Crippen LogP contribution in [0, 0.1) is 0 Å². The number of carbonyl (C=O) groups excluding carboxylic acids is 1. The van der Waals surface area contributed by atoms with Crippen molar-refractivity contribution in [2.45, 2.75) is 109 Å². The van der Waals surface area contributed by atoms with Gasteiger partial charge in [0.1, 0.15) is 18.8 Å². The Morgan fingerprint density at radius 1 is 0.794 bits per heavy atom. The Balaban J connectivity index is 3.56. The molecule has 202 valence electrons. The fourth-order valence-electron chi connectivity index (χ4n) is 3.10. The van der Waals surface area contributed by atoms with Gasteiger partial charge in [-0.25, -0.2) is 4.57 Å². The summed E-state index contributed by atoms with van der Waals surface area (Å²) in [7, 11) is -4.48. The number of unbranched alkanes of at least 4 members (excludes halogenated alkanes) is 11. The first-order valence-corrected chi connectivity index (χ1v) is 14.2. The lowest BCUT2D eigenvalue weighted by molar-refractivity contribution is -0.147. The molecular weight excluding hydrogens is 463 g/mol. The first-order valence-electron chi connectivity index (χ1n) is 12.7. The summed E-state index contributed by atoms with van der Waals surface area (Å²) in [5.41, 5.74) is 0. The van der Waals surface area contributed by atoms with E-state index >= 15 is 0 Å². The first-order chi connectivity index (χ1) is 16.3. The van der Waals surface area contributed by atoms with Crippen molar-refractivity contribution in [2.75, 3.05) is 26.4 Å². The number of aliphatic hydroxyl groups excluding tert-OH is 3. The molecule has 0 radical (unpaired) electrons. The minimum Gasteiger partial charge on any atom is -0.463 e. The highest BCUT2D eigenvalue weighted by atomic mass is 31.2. The number of phosphoric ester groups is 1. The van der Waals surface area contributed by atoms with Crippen molar-refractivity contribution in [3.05, 3.63) is 12.2 Å². The topological polar surface area (TPSA) is 143 Å². The van der Waals surface area contributed by atoms with Crippen LogP contribution in [0.15, 0.2) is 12.2 Å². The van der Waals surface area contributed by atoms with E-state index in [9.17, 15) is 19.4 Å². The number of hydrogen-bond donors (Lipinski definition) is 4. The second-order valence-corrected chi connectivity index (χ2v) is 10.0. The predicted molar refractivity (Wildman–Crippen MR) is 131 cm³/mol. The second kappa shape index (κ2) is 22.7. The molecule has 4 N–H and O–H groups in total. The zero-order chi connectivity index (χ0) is 25.5. The van der Waals surface area contributed by atoms with Gasteiger partial charge in [0.25, 0.3) is 0 Å². The number of allylic oxidation sites excluding steroid dienone is 2. The smallest absolute Gasteiger partial charge is 0.463 e. The molecule has 0 aliphatic rings. The monoisotopic (exact) mass is 510 g/mol. The van der Waals surface area contributed by atoms with Crippen LogP contribution in [0.3, 0.4) is 0 Å². The van der Waals surface area contributed by atoms with Gasteiger partial charge in [0, 0.05) is 6.42 Å². The number of hydrogen-bond acceptors (Lipinski definition) is 8. The van der Waals surface area contributed by atoms with Gasteiger partial charge in [-0.05, 0) is 32.1 Å². The van der Waals surface area contributed by atoms with Crippen LogP contribution in [-0.2, 0) is 23.1 Å². The highest BCUT2D eigenvalue weighted by Crippen LogP contribution is 2.43. The van der Waals surface area contributed by atoms with Crippen LogP contribution in [0.2, 0.25) is 0 Å². The van der Waals surface area contributed by atoms with E-state index in [1.165, 1.54) is 44.9 Å². The highest BCUT2D eigenvalue weighted by Gasteiger charge is 2.24. The Hall–Kier alpha value is -0.800. The Labute approximate surface area is 205 Å². The molecule has 0 fully saturated rings. The maximum absolute atomic E-state index is 11.7. The lowest BCUT2D eigenvalue weighted by Gasteiger charge is -2.16. The summed E-state index contributed by atoms with van der Waals surface area (Å²) < 4.78 is 25.5. The molecule has 0 bridgehead atoms. The fraction of sp³-hybridized carbons (Fsp3) is 0.875. The van der Waals surface area contributed by atoms with Crippen molar-refractivity contribution < 1.29 is 43.4 Å². The third-order valence-electron chi connectivity index (χ3n) is 5.15. The maximum atomic E-state index is 11.7. The molecule has 3 atom stereocenters. The Morgan fingerprint density at radius 2 is 1.29 bits per heavy atom. The molecule has 10 heteroatoms. The van der Waals surface area contributed by atoms with Crippen molar-refractivity contribution in [1.29, 1.82) is 0 Å². The number of ether oxygens (including phenoxy) is 1. The minimum absolute atomic E-state index is 0.256. The third kappa shape index (κ3) is 23.0. The Bertz CT molecular complexity index is 557. The second-order valence-electron chi connectivity index (χ2n) is 8.57. The quantitative estimate of drug-likeness (QED) is 0.0642. The number of carbonyl (C=O) groups is 1. The standard InChI is InChI=1S/C24H47O9P/c1-2-3-4-5-6-7-8-9-10-11-12-13-14-15-16-17-24(28)31-19-23(27)21-33-34(29,30)32-20-22(26)18-25/h9-10,22-23,25-27H,2-8,11-21H2,1H3,(H,29,30)/b10-9-. The van der Waals surface area contributed by atoms with Gasteiger partial charge in [0.2, 0.25) is 0 Å². The van der Waals surface area contributed by atoms with Crippen LogP contribution in [0.1, 0.15) is 96.8 Å². The summed E-state index contributed by atoms with van der Waals surface area (Å²) in [6, 6.07) is 0. The van der Waals surface area contributed by atoms with Crippen LogP contribution in [-0.4, -0.2) is 64.8 Å². The van der Waals surface area contributed by atoms with Gasteiger partial charge in [-0.3, -0.25) is 13.8 Å². The Morgan fingerprint density at radius 3 is 1.85 bits per heavy atom. The van der Waals surface area contributed by atoms with Gasteiger partial charge in [-0.1, -0.05) is 70.4 Å². The molecule has 0 heterocycles. The molecule has 0 aliphatic carbocycles. The molecular formula is C24H47O9P. The van der Waals surface area contributed by atoms with Gasteiger partial charge in [0.05, 0.1) is 19.8 Å². The molecule has 0 aromatic carbocycles. The average Bonchev–Trinajstić information content (AvgIpc) is 2.82. The average molecular weight is 511 g/mol. The summed E-state index contributed by atoms with van der Waals surface area (Å²) in [6.07, 6.45) is 17.5. The van der Waals surface area contributed by atoms with E-state index in [0.717, 1.165) is 32.1 Å². The van der Waals surface area contributed by atoms with Crippen LogP contribution in [0.5, 0.6) is 0 Å². The molecule has 0 spiro atoms. The zero-order valence-corrected chi connectivity index (χ0v) is 21.7. The van der Waals surface area contributed by atoms with Gasteiger partial charge in [-0.2, -0.15) is 0 Å². The predicted octanol–water partition coefficient (Wildman–Crippen LogP) is 4.41. The molecule has 0 saturated heterocycles. The third-order valence-corrected chi connectivity index (χ3v) is 6.10. The summed E-state index contributed by atoms with van der Waals surface area (Å²) in [5.74, 6) is -0.439. The van der Waals surface area contributed by atoms with Crippen LogP contribution >= 0.6 is 7.82 Å². The van der Waals surface area contributed by atoms with E-state index in [2.05, 4.69) is 28.1 Å². The summed E-state index contributed by atoms with van der Waals surface area (Å²) in [5, 5.41) is 27.4. The van der Waals surface area contributed by atoms with Crippen molar-refractivity contribution >= 4 is 13.8 Å². The number of aliphatic hydroxyl groups is 3. The van der Waals surface area contributed by atoms with Gasteiger partial charge in [0.15, 0.2) is 0 Å². The lowest BCUT2D eigenvalue weighted by atomic mass is 10.1. The fourth-order valence-corrected chi connectivity index (χ4v) is 3.90. The minimum atomic E-state index is -4.48. The van der Waals surface area contributed by atoms with E-state index in [1.807, 2.05) is 0 Å². The number of rotatable bonds is 24. The zero-order valence-electron chi connectivity index (χ0n) is 20.8. The van der Waals surface area contributed by atoms with Gasteiger partial charge >= 0.3 is 13.8 Å². The molecule has 34 heavy (non-hydrogen) atoms. The molecule has 0 rings (SSSR count). The summed E-state index contributed by atoms with van der Waals surface area (Å²) in [4.78, 5) is 21.1. The van der Waals surface area contributed by atoms with Crippen molar-refractivity contribution in [3.63, 3.8) is 0 Å². The molecule has 3 unspecified atom stereocenters. The van der Waals surface area contributed by atoms with E-state index in [4.69, 9.17) is 14.9 Å². The van der Waals surface area contributed by atoms with Gasteiger partial charge in [-0.15, -0.1) is 0 Å². The SMILES string of the molecule is CCCCCCCC/C=C\CCCCCCCC(=O)OCC(O)COP(=O)(O)OCC(O)CO. The van der Waals surface area contributed by atoms with Gasteiger partial charge < -0.3 is 24.9 Å². The molecule has 0 aromatic heterocycles. The molecule has 0 aliphatic heterocycles. The highest BCUT2D eigenvalue weighted by molar-refractivity contribution is 7.47. The van der Waals surface area contributed by atoms with Crippen LogP contribution < -0.4 is 0 Å². The van der Waals surface area contributed by atoms with E-state index in [0.29, 0.717) is 6.42 Å². The molecule has 0 aromatic rings. The number of phosphoric acid groups is 1. The summed E-state index contributed by atoms with van der Waals surface area (Å²) >= 11 is 0.